The Bertz CT molecular complexity index is 456. The van der Waals surface area contributed by atoms with Crippen LogP contribution < -0.4 is 4.74 Å². The van der Waals surface area contributed by atoms with Crippen LogP contribution in [-0.2, 0) is 0 Å². The molecule has 0 heterocycles. The van der Waals surface area contributed by atoms with E-state index in [1.165, 1.54) is 12.8 Å². The molecule has 2 unspecified atom stereocenters. The Morgan fingerprint density at radius 3 is 3.05 bits per heavy atom. The lowest BCUT2D eigenvalue weighted by Gasteiger charge is -2.27. The minimum absolute atomic E-state index is 0.114. The van der Waals surface area contributed by atoms with Gasteiger partial charge in [0.25, 0.3) is 0 Å². The molecular formula is C17H22O2. The van der Waals surface area contributed by atoms with Gasteiger partial charge in [-0.3, -0.25) is 0 Å². The van der Waals surface area contributed by atoms with Crippen molar-refractivity contribution in [1.82, 2.24) is 0 Å². The summed E-state index contributed by atoms with van der Waals surface area (Å²) in [4.78, 5) is 0. The lowest BCUT2D eigenvalue weighted by molar-refractivity contribution is 0.129. The van der Waals surface area contributed by atoms with Crippen molar-refractivity contribution in [3.05, 3.63) is 29.8 Å². The van der Waals surface area contributed by atoms with Gasteiger partial charge >= 0.3 is 0 Å². The molecule has 0 spiro atoms. The van der Waals surface area contributed by atoms with E-state index in [1.807, 2.05) is 24.3 Å². The van der Waals surface area contributed by atoms with Crippen molar-refractivity contribution in [1.29, 1.82) is 0 Å². The molecule has 2 rings (SSSR count). The quantitative estimate of drug-likeness (QED) is 0.842. The minimum Gasteiger partial charge on any atom is -0.490 e. The zero-order valence-corrected chi connectivity index (χ0v) is 11.6. The monoisotopic (exact) mass is 258 g/mol. The Balaban J connectivity index is 1.97. The van der Waals surface area contributed by atoms with E-state index in [1.54, 1.807) is 0 Å². The molecule has 0 saturated heterocycles. The highest BCUT2D eigenvalue weighted by Gasteiger charge is 2.20. The second-order valence-electron chi connectivity index (χ2n) is 5.31. The molecule has 2 atom stereocenters. The normalized spacial score (nSPS) is 22.4. The molecule has 102 valence electrons. The Morgan fingerprint density at radius 1 is 1.37 bits per heavy atom. The van der Waals surface area contributed by atoms with Crippen LogP contribution in [0.5, 0.6) is 5.75 Å². The highest BCUT2D eigenvalue weighted by molar-refractivity contribution is 5.39. The van der Waals surface area contributed by atoms with E-state index in [-0.39, 0.29) is 6.61 Å². The number of aliphatic hydroxyl groups is 1. The van der Waals surface area contributed by atoms with Crippen LogP contribution in [0.25, 0.3) is 0 Å². The maximum atomic E-state index is 8.71. The van der Waals surface area contributed by atoms with Gasteiger partial charge in [-0.1, -0.05) is 31.3 Å². The first kappa shape index (κ1) is 14.0. The van der Waals surface area contributed by atoms with Gasteiger partial charge in [0.2, 0.25) is 0 Å². The van der Waals surface area contributed by atoms with Crippen LogP contribution in [0.1, 0.15) is 44.6 Å². The number of ether oxygens (including phenoxy) is 1. The third-order valence-electron chi connectivity index (χ3n) is 3.49. The molecule has 1 saturated carbocycles. The molecule has 2 heteroatoms. The second kappa shape index (κ2) is 7.21. The van der Waals surface area contributed by atoms with Crippen LogP contribution in [0.15, 0.2) is 24.3 Å². The van der Waals surface area contributed by atoms with Gasteiger partial charge in [-0.25, -0.2) is 0 Å². The Hall–Kier alpha value is -1.46. The van der Waals surface area contributed by atoms with Crippen LogP contribution >= 0.6 is 0 Å². The Kier molecular flexibility index (Phi) is 5.30. The largest absolute Gasteiger partial charge is 0.490 e. The second-order valence-corrected chi connectivity index (χ2v) is 5.31. The third-order valence-corrected chi connectivity index (χ3v) is 3.49. The first-order chi connectivity index (χ1) is 9.28. The fourth-order valence-electron chi connectivity index (χ4n) is 2.55. The van der Waals surface area contributed by atoms with Gasteiger partial charge in [-0.2, -0.15) is 0 Å². The molecule has 1 aliphatic carbocycles. The van der Waals surface area contributed by atoms with E-state index in [0.29, 0.717) is 12.5 Å². The first-order valence-electron chi connectivity index (χ1n) is 7.14. The summed E-state index contributed by atoms with van der Waals surface area (Å²) in [5.74, 6) is 7.66. The Morgan fingerprint density at radius 2 is 2.26 bits per heavy atom. The molecule has 1 aliphatic rings. The fourth-order valence-corrected chi connectivity index (χ4v) is 2.55. The van der Waals surface area contributed by atoms with Gasteiger partial charge in [0, 0.05) is 12.0 Å². The molecule has 19 heavy (non-hydrogen) atoms. The number of rotatable bonds is 3. The molecular weight excluding hydrogens is 236 g/mol. The summed E-state index contributed by atoms with van der Waals surface area (Å²) in [5.41, 5.74) is 0.954. The van der Waals surface area contributed by atoms with Crippen molar-refractivity contribution in [3.8, 4) is 17.6 Å². The number of hydrogen-bond acceptors (Lipinski definition) is 2. The van der Waals surface area contributed by atoms with Crippen LogP contribution in [0, 0.1) is 17.8 Å². The van der Waals surface area contributed by atoms with E-state index in [9.17, 15) is 0 Å². The van der Waals surface area contributed by atoms with Crippen molar-refractivity contribution >= 4 is 0 Å². The van der Waals surface area contributed by atoms with Crippen molar-refractivity contribution in [2.24, 2.45) is 5.92 Å². The summed E-state index contributed by atoms with van der Waals surface area (Å²) >= 11 is 0. The highest BCUT2D eigenvalue weighted by atomic mass is 16.5. The summed E-state index contributed by atoms with van der Waals surface area (Å²) in [6.07, 6.45) is 5.77. The zero-order chi connectivity index (χ0) is 13.5. The van der Waals surface area contributed by atoms with Crippen molar-refractivity contribution in [2.45, 2.75) is 45.1 Å². The molecule has 0 bridgehead atoms. The molecule has 1 N–H and O–H groups in total. The molecule has 0 aliphatic heterocycles. The van der Waals surface area contributed by atoms with Gasteiger partial charge in [-0.15, -0.1) is 0 Å². The van der Waals surface area contributed by atoms with Crippen molar-refractivity contribution in [3.63, 3.8) is 0 Å². The van der Waals surface area contributed by atoms with E-state index in [0.717, 1.165) is 30.1 Å². The predicted octanol–water partition coefficient (Wildman–Crippen LogP) is 3.38. The summed E-state index contributed by atoms with van der Waals surface area (Å²) in [5, 5.41) is 8.71. The van der Waals surface area contributed by atoms with E-state index in [4.69, 9.17) is 9.84 Å². The Labute approximate surface area is 115 Å². The highest BCUT2D eigenvalue weighted by Crippen LogP contribution is 2.27. The van der Waals surface area contributed by atoms with Crippen molar-refractivity contribution in [2.75, 3.05) is 6.61 Å². The molecule has 0 amide bonds. The summed E-state index contributed by atoms with van der Waals surface area (Å²) in [6.45, 7) is 2.41. The standard InChI is InChI=1S/C17H22O2/c1-14-6-4-9-16(12-14)19-17-10-5-8-15(13-17)7-2-3-11-18/h5,8,10,13-14,16,18H,3-4,6,9,11-12H2,1H3. The number of hydrogen-bond donors (Lipinski definition) is 1. The van der Waals surface area contributed by atoms with E-state index < -0.39 is 0 Å². The minimum atomic E-state index is 0.114. The van der Waals surface area contributed by atoms with Gasteiger partial charge in [0.15, 0.2) is 0 Å². The predicted molar refractivity (Wildman–Crippen MR) is 77.1 cm³/mol. The molecule has 2 nitrogen and oxygen atoms in total. The average Bonchev–Trinajstić information content (AvgIpc) is 2.39. The maximum Gasteiger partial charge on any atom is 0.120 e. The topological polar surface area (TPSA) is 29.5 Å². The van der Waals surface area contributed by atoms with Crippen LogP contribution in [0.2, 0.25) is 0 Å². The zero-order valence-electron chi connectivity index (χ0n) is 11.6. The van der Waals surface area contributed by atoms with Crippen molar-refractivity contribution < 1.29 is 9.84 Å². The van der Waals surface area contributed by atoms with Crippen LogP contribution in [0.3, 0.4) is 0 Å². The molecule has 0 aromatic heterocycles. The third kappa shape index (κ3) is 4.61. The summed E-state index contributed by atoms with van der Waals surface area (Å²) < 4.78 is 6.06. The number of benzene rings is 1. The molecule has 0 radical (unpaired) electrons. The molecule has 1 fully saturated rings. The molecule has 1 aromatic carbocycles. The molecule has 1 aromatic rings. The fraction of sp³-hybridized carbons (Fsp3) is 0.529. The number of aliphatic hydroxyl groups excluding tert-OH is 1. The van der Waals surface area contributed by atoms with Gasteiger partial charge in [0.1, 0.15) is 5.75 Å². The SMILES string of the molecule is CC1CCCC(Oc2cccc(C#CCCO)c2)C1. The van der Waals surface area contributed by atoms with E-state index >= 15 is 0 Å². The summed E-state index contributed by atoms with van der Waals surface area (Å²) in [6, 6.07) is 7.94. The smallest absolute Gasteiger partial charge is 0.120 e. The van der Waals surface area contributed by atoms with Gasteiger partial charge < -0.3 is 9.84 Å². The first-order valence-corrected chi connectivity index (χ1v) is 7.14. The van der Waals surface area contributed by atoms with E-state index in [2.05, 4.69) is 18.8 Å². The van der Waals surface area contributed by atoms with Gasteiger partial charge in [0.05, 0.1) is 12.7 Å². The average molecular weight is 258 g/mol. The van der Waals surface area contributed by atoms with Crippen LogP contribution in [0.4, 0.5) is 0 Å². The maximum absolute atomic E-state index is 8.71. The lowest BCUT2D eigenvalue weighted by atomic mass is 9.89. The summed E-state index contributed by atoms with van der Waals surface area (Å²) in [7, 11) is 0. The van der Waals surface area contributed by atoms with Crippen LogP contribution in [-0.4, -0.2) is 17.8 Å². The van der Waals surface area contributed by atoms with Gasteiger partial charge in [-0.05, 0) is 43.4 Å². The lowest BCUT2D eigenvalue weighted by Crippen LogP contribution is -2.24.